The molecule has 4 nitrogen and oxygen atoms in total. The zero-order valence-corrected chi connectivity index (χ0v) is 14.1. The van der Waals surface area contributed by atoms with Gasteiger partial charge in [-0.05, 0) is 31.0 Å². The Hall–Kier alpha value is -1.84. The van der Waals surface area contributed by atoms with Crippen molar-refractivity contribution in [1.29, 1.82) is 0 Å². The number of rotatable bonds is 9. The molecule has 0 spiro atoms. The SMILES string of the molecule is CCCCCCCCC(=O)Nc1cccc(N2CCCC2=O)c1. The van der Waals surface area contributed by atoms with E-state index in [0.29, 0.717) is 12.8 Å². The normalized spacial score (nSPS) is 14.3. The average Bonchev–Trinajstić information content (AvgIpc) is 2.97. The number of amides is 2. The van der Waals surface area contributed by atoms with Crippen molar-refractivity contribution in [2.24, 2.45) is 0 Å². The Balaban J connectivity index is 1.76. The third-order valence-corrected chi connectivity index (χ3v) is 4.27. The van der Waals surface area contributed by atoms with Gasteiger partial charge in [-0.3, -0.25) is 9.59 Å². The zero-order valence-electron chi connectivity index (χ0n) is 14.1. The number of unbranched alkanes of at least 4 members (excludes halogenated alkanes) is 5. The molecule has 1 aliphatic heterocycles. The fourth-order valence-electron chi connectivity index (χ4n) is 2.96. The minimum Gasteiger partial charge on any atom is -0.326 e. The number of nitrogens with one attached hydrogen (secondary N) is 1. The minimum absolute atomic E-state index is 0.0605. The summed E-state index contributed by atoms with van der Waals surface area (Å²) < 4.78 is 0. The molecule has 0 bridgehead atoms. The molecule has 1 aromatic carbocycles. The van der Waals surface area contributed by atoms with Crippen molar-refractivity contribution in [3.8, 4) is 0 Å². The van der Waals surface area contributed by atoms with E-state index in [9.17, 15) is 9.59 Å². The van der Waals surface area contributed by atoms with Gasteiger partial charge in [-0.15, -0.1) is 0 Å². The van der Waals surface area contributed by atoms with Gasteiger partial charge in [-0.1, -0.05) is 45.1 Å². The van der Waals surface area contributed by atoms with E-state index in [2.05, 4.69) is 12.2 Å². The number of hydrogen-bond acceptors (Lipinski definition) is 2. The van der Waals surface area contributed by atoms with E-state index in [0.717, 1.165) is 37.2 Å². The van der Waals surface area contributed by atoms with Crippen LogP contribution in [0.25, 0.3) is 0 Å². The first kappa shape index (κ1) is 17.5. The standard InChI is InChI=1S/C19H28N2O2/c1-2-3-4-5-6-7-12-18(22)20-16-10-8-11-17(15-16)21-14-9-13-19(21)23/h8,10-11,15H,2-7,9,12-14H2,1H3,(H,20,22). The molecule has 1 fully saturated rings. The summed E-state index contributed by atoms with van der Waals surface area (Å²) in [6.45, 7) is 2.98. The fourth-order valence-corrected chi connectivity index (χ4v) is 2.96. The molecule has 1 aromatic rings. The highest BCUT2D eigenvalue weighted by Crippen LogP contribution is 2.24. The molecule has 126 valence electrons. The predicted molar refractivity (Wildman–Crippen MR) is 94.7 cm³/mol. The minimum atomic E-state index is 0.0605. The molecule has 0 atom stereocenters. The summed E-state index contributed by atoms with van der Waals surface area (Å²) in [5.74, 6) is 0.228. The van der Waals surface area contributed by atoms with Gasteiger partial charge in [-0.2, -0.15) is 0 Å². The fraction of sp³-hybridized carbons (Fsp3) is 0.579. The van der Waals surface area contributed by atoms with Crippen LogP contribution in [-0.4, -0.2) is 18.4 Å². The van der Waals surface area contributed by atoms with Crippen LogP contribution in [0, 0.1) is 0 Å². The molecule has 2 amide bonds. The van der Waals surface area contributed by atoms with Crippen LogP contribution in [0.4, 0.5) is 11.4 Å². The number of carbonyl (C=O) groups is 2. The van der Waals surface area contributed by atoms with Gasteiger partial charge in [0.25, 0.3) is 0 Å². The lowest BCUT2D eigenvalue weighted by molar-refractivity contribution is -0.117. The maximum atomic E-state index is 12.0. The Morgan fingerprint density at radius 3 is 2.70 bits per heavy atom. The van der Waals surface area contributed by atoms with Crippen LogP contribution in [0.5, 0.6) is 0 Å². The van der Waals surface area contributed by atoms with Crippen molar-refractivity contribution in [1.82, 2.24) is 0 Å². The first-order valence-corrected chi connectivity index (χ1v) is 8.91. The smallest absolute Gasteiger partial charge is 0.227 e. The van der Waals surface area contributed by atoms with Crippen LogP contribution < -0.4 is 10.2 Å². The molecule has 23 heavy (non-hydrogen) atoms. The van der Waals surface area contributed by atoms with Gasteiger partial charge >= 0.3 is 0 Å². The number of hydrogen-bond donors (Lipinski definition) is 1. The summed E-state index contributed by atoms with van der Waals surface area (Å²) in [5.41, 5.74) is 1.66. The summed E-state index contributed by atoms with van der Waals surface area (Å²) in [5, 5.41) is 2.95. The number of benzene rings is 1. The Morgan fingerprint density at radius 2 is 1.96 bits per heavy atom. The lowest BCUT2D eigenvalue weighted by Crippen LogP contribution is -2.23. The van der Waals surface area contributed by atoms with E-state index in [-0.39, 0.29) is 11.8 Å². The Morgan fingerprint density at radius 1 is 1.17 bits per heavy atom. The van der Waals surface area contributed by atoms with E-state index in [1.807, 2.05) is 24.3 Å². The van der Waals surface area contributed by atoms with Gasteiger partial charge < -0.3 is 10.2 Å². The maximum absolute atomic E-state index is 12.0. The first-order valence-electron chi connectivity index (χ1n) is 8.91. The van der Waals surface area contributed by atoms with Crippen molar-refractivity contribution in [2.45, 2.75) is 64.7 Å². The van der Waals surface area contributed by atoms with Gasteiger partial charge in [-0.25, -0.2) is 0 Å². The van der Waals surface area contributed by atoms with Crippen molar-refractivity contribution in [3.63, 3.8) is 0 Å². The van der Waals surface area contributed by atoms with Crippen molar-refractivity contribution < 1.29 is 9.59 Å². The van der Waals surface area contributed by atoms with Gasteiger partial charge in [0.2, 0.25) is 11.8 Å². The largest absolute Gasteiger partial charge is 0.326 e. The second-order valence-electron chi connectivity index (χ2n) is 6.27. The van der Waals surface area contributed by atoms with E-state index in [1.54, 1.807) is 4.90 Å². The van der Waals surface area contributed by atoms with Gasteiger partial charge in [0.05, 0.1) is 0 Å². The summed E-state index contributed by atoms with van der Waals surface area (Å²) in [4.78, 5) is 25.6. The Kier molecular flexibility index (Phi) is 7.11. The third kappa shape index (κ3) is 5.70. The molecule has 1 aliphatic rings. The first-order chi connectivity index (χ1) is 11.2. The number of carbonyl (C=O) groups excluding carboxylic acids is 2. The van der Waals surface area contributed by atoms with Gasteiger partial charge in [0.1, 0.15) is 0 Å². The van der Waals surface area contributed by atoms with Crippen molar-refractivity contribution in [3.05, 3.63) is 24.3 Å². The molecule has 0 aliphatic carbocycles. The van der Waals surface area contributed by atoms with Crippen LogP contribution in [0.2, 0.25) is 0 Å². The maximum Gasteiger partial charge on any atom is 0.227 e. The molecule has 4 heteroatoms. The molecule has 1 saturated heterocycles. The quantitative estimate of drug-likeness (QED) is 0.682. The summed E-state index contributed by atoms with van der Waals surface area (Å²) >= 11 is 0. The van der Waals surface area contributed by atoms with E-state index in [1.165, 1.54) is 25.7 Å². The molecule has 1 N–H and O–H groups in total. The molecule has 0 saturated carbocycles. The summed E-state index contributed by atoms with van der Waals surface area (Å²) in [6.07, 6.45) is 9.18. The topological polar surface area (TPSA) is 49.4 Å². The molecule has 0 unspecified atom stereocenters. The predicted octanol–water partition coefficient (Wildman–Crippen LogP) is 4.50. The Labute approximate surface area is 139 Å². The molecular weight excluding hydrogens is 288 g/mol. The van der Waals surface area contributed by atoms with Gasteiger partial charge in [0.15, 0.2) is 0 Å². The van der Waals surface area contributed by atoms with Crippen LogP contribution in [0.15, 0.2) is 24.3 Å². The molecule has 1 heterocycles. The molecule has 0 aromatic heterocycles. The van der Waals surface area contributed by atoms with Crippen LogP contribution >= 0.6 is 0 Å². The average molecular weight is 316 g/mol. The van der Waals surface area contributed by atoms with Crippen LogP contribution in [0.1, 0.15) is 64.7 Å². The van der Waals surface area contributed by atoms with E-state index < -0.39 is 0 Å². The summed E-state index contributed by atoms with van der Waals surface area (Å²) in [7, 11) is 0. The number of nitrogens with zero attached hydrogens (tertiary/aromatic N) is 1. The second kappa shape index (κ2) is 9.33. The molecular formula is C19H28N2O2. The summed E-state index contributed by atoms with van der Waals surface area (Å²) in [6, 6.07) is 7.58. The highest BCUT2D eigenvalue weighted by Gasteiger charge is 2.21. The van der Waals surface area contributed by atoms with Gasteiger partial charge in [0, 0.05) is 30.8 Å². The van der Waals surface area contributed by atoms with Crippen molar-refractivity contribution in [2.75, 3.05) is 16.8 Å². The third-order valence-electron chi connectivity index (χ3n) is 4.27. The molecule has 2 rings (SSSR count). The lowest BCUT2D eigenvalue weighted by atomic mass is 10.1. The highest BCUT2D eigenvalue weighted by atomic mass is 16.2. The lowest BCUT2D eigenvalue weighted by Gasteiger charge is -2.16. The number of anilines is 2. The monoisotopic (exact) mass is 316 g/mol. The molecule has 0 radical (unpaired) electrons. The van der Waals surface area contributed by atoms with Crippen molar-refractivity contribution >= 4 is 23.2 Å². The van der Waals surface area contributed by atoms with Crippen LogP contribution in [0.3, 0.4) is 0 Å². The van der Waals surface area contributed by atoms with E-state index >= 15 is 0 Å². The highest BCUT2D eigenvalue weighted by molar-refractivity contribution is 5.97. The zero-order chi connectivity index (χ0) is 16.5. The Bertz CT molecular complexity index is 528. The van der Waals surface area contributed by atoms with Crippen LogP contribution in [-0.2, 0) is 9.59 Å². The second-order valence-corrected chi connectivity index (χ2v) is 6.27. The van der Waals surface area contributed by atoms with E-state index in [4.69, 9.17) is 0 Å².